The van der Waals surface area contributed by atoms with E-state index in [2.05, 4.69) is 10.3 Å². The summed E-state index contributed by atoms with van der Waals surface area (Å²) < 4.78 is 7.09. The van der Waals surface area contributed by atoms with Crippen LogP contribution in [0.2, 0.25) is 0 Å². The van der Waals surface area contributed by atoms with Crippen LogP contribution in [0.5, 0.6) is 11.6 Å². The molecule has 0 fully saturated rings. The Kier molecular flexibility index (Phi) is 4.24. The first-order chi connectivity index (χ1) is 11.9. The minimum absolute atomic E-state index is 0.140. The summed E-state index contributed by atoms with van der Waals surface area (Å²) in [6.45, 7) is 5.97. The van der Waals surface area contributed by atoms with Gasteiger partial charge in [0.05, 0.1) is 18.0 Å². The summed E-state index contributed by atoms with van der Waals surface area (Å²) in [5, 5.41) is 18.4. The Balaban J connectivity index is 2.22. The van der Waals surface area contributed by atoms with Crippen LogP contribution in [0.15, 0.2) is 11.2 Å². The number of hydrogen-bond donors (Lipinski definition) is 1. The fraction of sp³-hybridized carbons (Fsp3) is 0.389. The smallest absolute Gasteiger partial charge is 0.220 e. The van der Waals surface area contributed by atoms with Crippen molar-refractivity contribution in [3.05, 3.63) is 39.6 Å². The zero-order valence-corrected chi connectivity index (χ0v) is 15.0. The lowest BCUT2D eigenvalue weighted by Gasteiger charge is -2.24. The number of ketones is 1. The number of rotatable bonds is 3. The van der Waals surface area contributed by atoms with E-state index < -0.39 is 0 Å². The minimum Gasteiger partial charge on any atom is -0.493 e. The molecule has 0 saturated carbocycles. The highest BCUT2D eigenvalue weighted by molar-refractivity contribution is 6.15. The third kappa shape index (κ3) is 2.65. The van der Waals surface area contributed by atoms with E-state index in [1.807, 2.05) is 13.8 Å². The van der Waals surface area contributed by atoms with Crippen LogP contribution in [0.4, 0.5) is 0 Å². The summed E-state index contributed by atoms with van der Waals surface area (Å²) in [6, 6.07) is 1.79. The van der Waals surface area contributed by atoms with E-state index in [1.165, 1.54) is 11.8 Å². The van der Waals surface area contributed by atoms with Crippen LogP contribution in [0.1, 0.15) is 44.7 Å². The second kappa shape index (κ2) is 6.23. The van der Waals surface area contributed by atoms with Crippen LogP contribution < -0.4 is 4.74 Å². The molecule has 1 N–H and O–H groups in total. The molecule has 1 aromatic heterocycles. The van der Waals surface area contributed by atoms with Crippen LogP contribution in [-0.2, 0) is 11.9 Å². The monoisotopic (exact) mass is 343 g/mol. The number of fused-ring (bicyclic) bond motifs is 1. The van der Waals surface area contributed by atoms with Crippen LogP contribution in [0, 0.1) is 20.8 Å². The van der Waals surface area contributed by atoms with Gasteiger partial charge in [0.1, 0.15) is 18.4 Å². The molecule has 132 valence electrons. The van der Waals surface area contributed by atoms with E-state index in [-0.39, 0.29) is 17.2 Å². The number of benzene rings is 1. The number of hydrogen-bond acceptors (Lipinski definition) is 6. The molecule has 25 heavy (non-hydrogen) atoms. The first-order valence-corrected chi connectivity index (χ1v) is 8.01. The van der Waals surface area contributed by atoms with Crippen molar-refractivity contribution in [1.29, 1.82) is 0 Å². The second-order valence-electron chi connectivity index (χ2n) is 6.13. The van der Waals surface area contributed by atoms with E-state index in [0.29, 0.717) is 24.3 Å². The van der Waals surface area contributed by atoms with Crippen LogP contribution in [0.25, 0.3) is 0 Å². The molecular weight excluding hydrogens is 322 g/mol. The van der Waals surface area contributed by atoms with Gasteiger partial charge in [-0.05, 0) is 38.0 Å². The molecule has 0 spiro atoms. The molecule has 7 nitrogen and oxygen atoms in total. The maximum atomic E-state index is 13.1. The number of carbonyl (C=O) groups excluding carboxylic acids is 1. The predicted molar refractivity (Wildman–Crippen MR) is 92.6 cm³/mol. The van der Waals surface area contributed by atoms with Gasteiger partial charge in [-0.2, -0.15) is 5.10 Å². The van der Waals surface area contributed by atoms with Gasteiger partial charge in [-0.3, -0.25) is 4.79 Å². The van der Waals surface area contributed by atoms with Crippen molar-refractivity contribution in [1.82, 2.24) is 9.78 Å². The Morgan fingerprint density at radius 2 is 2.12 bits per heavy atom. The van der Waals surface area contributed by atoms with Gasteiger partial charge in [0, 0.05) is 24.6 Å². The topological polar surface area (TPSA) is 85.9 Å². The van der Waals surface area contributed by atoms with Crippen LogP contribution >= 0.6 is 0 Å². The molecule has 3 rings (SSSR count). The second-order valence-corrected chi connectivity index (χ2v) is 6.13. The number of carbonyl (C=O) groups is 1. The largest absolute Gasteiger partial charge is 0.493 e. The molecule has 2 heterocycles. The van der Waals surface area contributed by atoms with Gasteiger partial charge in [-0.25, -0.2) is 4.68 Å². The van der Waals surface area contributed by atoms with E-state index >= 15 is 0 Å². The van der Waals surface area contributed by atoms with E-state index in [9.17, 15) is 9.90 Å². The summed E-state index contributed by atoms with van der Waals surface area (Å²) in [7, 11) is 3.09. The molecule has 0 atom stereocenters. The maximum Gasteiger partial charge on any atom is 0.220 e. The molecule has 0 amide bonds. The SMILES string of the molecule is CON=C1CCOc2c(C)cc(C(=O)c3c(C)nn(C)c3O)c(C)c21. The first kappa shape index (κ1) is 17.0. The highest BCUT2D eigenvalue weighted by atomic mass is 16.6. The van der Waals surface area contributed by atoms with Gasteiger partial charge in [0.25, 0.3) is 0 Å². The molecule has 0 bridgehead atoms. The maximum absolute atomic E-state index is 13.1. The number of aromatic hydroxyl groups is 1. The standard InChI is InChI=1S/C18H21N3O4/c1-9-8-12(16(22)15-11(3)19-21(4)18(15)23)10(2)14-13(20-24-5)6-7-25-17(9)14/h8,23H,6-7H2,1-5H3. The predicted octanol–water partition coefficient (Wildman–Crippen LogP) is 2.41. The zero-order chi connectivity index (χ0) is 18.3. The van der Waals surface area contributed by atoms with Crippen molar-refractivity contribution < 1.29 is 19.5 Å². The lowest BCUT2D eigenvalue weighted by atomic mass is 9.89. The van der Waals surface area contributed by atoms with Crippen molar-refractivity contribution in [3.8, 4) is 11.6 Å². The minimum atomic E-state index is -0.270. The van der Waals surface area contributed by atoms with Gasteiger partial charge >= 0.3 is 0 Å². The number of oxime groups is 1. The Hall–Kier alpha value is -2.83. The lowest BCUT2D eigenvalue weighted by molar-refractivity contribution is 0.103. The van der Waals surface area contributed by atoms with Gasteiger partial charge in [0.15, 0.2) is 0 Å². The van der Waals surface area contributed by atoms with Gasteiger partial charge < -0.3 is 14.7 Å². The normalized spacial score (nSPS) is 15.0. The molecular formula is C18H21N3O4. The molecule has 0 radical (unpaired) electrons. The van der Waals surface area contributed by atoms with E-state index in [1.54, 1.807) is 20.0 Å². The molecule has 0 saturated heterocycles. The molecule has 0 unspecified atom stereocenters. The molecule has 7 heteroatoms. The van der Waals surface area contributed by atoms with Gasteiger partial charge in [-0.15, -0.1) is 0 Å². The highest BCUT2D eigenvalue weighted by Gasteiger charge is 2.29. The molecule has 1 aliphatic rings. The fourth-order valence-electron chi connectivity index (χ4n) is 3.28. The van der Waals surface area contributed by atoms with Crippen molar-refractivity contribution in [2.45, 2.75) is 27.2 Å². The van der Waals surface area contributed by atoms with Crippen molar-refractivity contribution in [2.24, 2.45) is 12.2 Å². The Morgan fingerprint density at radius 1 is 1.40 bits per heavy atom. The highest BCUT2D eigenvalue weighted by Crippen LogP contribution is 2.36. The molecule has 0 aliphatic carbocycles. The van der Waals surface area contributed by atoms with Crippen molar-refractivity contribution in [2.75, 3.05) is 13.7 Å². The van der Waals surface area contributed by atoms with Crippen LogP contribution in [-0.4, -0.2) is 40.1 Å². The number of ether oxygens (including phenoxy) is 1. The summed E-state index contributed by atoms with van der Waals surface area (Å²) in [4.78, 5) is 18.1. The number of aryl methyl sites for hydroxylation is 3. The number of nitrogens with zero attached hydrogens (tertiary/aromatic N) is 3. The first-order valence-electron chi connectivity index (χ1n) is 8.01. The van der Waals surface area contributed by atoms with E-state index in [0.717, 1.165) is 28.2 Å². The fourth-order valence-corrected chi connectivity index (χ4v) is 3.28. The summed E-state index contributed by atoms with van der Waals surface area (Å²) >= 11 is 0. The van der Waals surface area contributed by atoms with Crippen LogP contribution in [0.3, 0.4) is 0 Å². The molecule has 2 aromatic rings. The van der Waals surface area contributed by atoms with E-state index in [4.69, 9.17) is 9.57 Å². The summed E-state index contributed by atoms with van der Waals surface area (Å²) in [6.07, 6.45) is 0.607. The number of aromatic nitrogens is 2. The molecule has 1 aromatic carbocycles. The zero-order valence-electron chi connectivity index (χ0n) is 15.0. The van der Waals surface area contributed by atoms with Gasteiger partial charge in [0.2, 0.25) is 11.7 Å². The summed E-state index contributed by atoms with van der Waals surface area (Å²) in [5.41, 5.74) is 4.34. The third-order valence-electron chi connectivity index (χ3n) is 4.46. The quantitative estimate of drug-likeness (QED) is 0.683. The third-order valence-corrected chi connectivity index (χ3v) is 4.46. The molecule has 1 aliphatic heterocycles. The lowest BCUT2D eigenvalue weighted by Crippen LogP contribution is -2.21. The van der Waals surface area contributed by atoms with Gasteiger partial charge in [-0.1, -0.05) is 5.16 Å². The van der Waals surface area contributed by atoms with Crippen molar-refractivity contribution >= 4 is 11.5 Å². The van der Waals surface area contributed by atoms with Crippen molar-refractivity contribution in [3.63, 3.8) is 0 Å². The Labute approximate surface area is 145 Å². The summed E-state index contributed by atoms with van der Waals surface area (Å²) in [5.74, 6) is 0.316. The Morgan fingerprint density at radius 3 is 2.72 bits per heavy atom. The average molecular weight is 343 g/mol. The Bertz CT molecular complexity index is 896. The average Bonchev–Trinajstić information content (AvgIpc) is 2.83.